The smallest absolute Gasteiger partial charge is 0.160 e. The van der Waals surface area contributed by atoms with Crippen LogP contribution in [0.2, 0.25) is 0 Å². The summed E-state index contributed by atoms with van der Waals surface area (Å²) in [4.78, 5) is 7.33. The third-order valence-corrected chi connectivity index (χ3v) is 4.69. The van der Waals surface area contributed by atoms with Gasteiger partial charge in [0.15, 0.2) is 5.82 Å². The molecule has 6 nitrogen and oxygen atoms in total. The van der Waals surface area contributed by atoms with Crippen LogP contribution in [0, 0.1) is 0 Å². The summed E-state index contributed by atoms with van der Waals surface area (Å²) in [5.41, 5.74) is 2.28. The fraction of sp³-hybridized carbons (Fsp3) is 0.444. The number of morpholine rings is 1. The highest BCUT2D eigenvalue weighted by atomic mass is 16.5. The third-order valence-electron chi connectivity index (χ3n) is 4.69. The molecule has 0 saturated carbocycles. The quantitative estimate of drug-likeness (QED) is 0.804. The lowest BCUT2D eigenvalue weighted by Crippen LogP contribution is -2.44. The van der Waals surface area contributed by atoms with Gasteiger partial charge in [0.05, 0.1) is 19.3 Å². The number of fused-ring (bicyclic) bond motifs is 1. The Balaban J connectivity index is 1.90. The SMILES string of the molecule is CC(C)c1cc(N2CCOC[C@H]2C)nc2c1ccn2-c1cc[nH]n1. The Labute approximate surface area is 141 Å². The zero-order chi connectivity index (χ0) is 16.7. The Morgan fingerprint density at radius 1 is 1.29 bits per heavy atom. The van der Waals surface area contributed by atoms with E-state index >= 15 is 0 Å². The van der Waals surface area contributed by atoms with Gasteiger partial charge in [-0.3, -0.25) is 9.67 Å². The van der Waals surface area contributed by atoms with Crippen LogP contribution in [0.5, 0.6) is 0 Å². The molecule has 24 heavy (non-hydrogen) atoms. The predicted octanol–water partition coefficient (Wildman–Crippen LogP) is 3.10. The molecule has 0 bridgehead atoms. The van der Waals surface area contributed by atoms with Crippen molar-refractivity contribution in [2.45, 2.75) is 32.7 Å². The number of nitrogens with zero attached hydrogens (tertiary/aromatic N) is 4. The fourth-order valence-electron chi connectivity index (χ4n) is 3.38. The lowest BCUT2D eigenvalue weighted by molar-refractivity contribution is 0.0985. The maximum atomic E-state index is 5.58. The second kappa shape index (κ2) is 5.94. The number of anilines is 1. The topological polar surface area (TPSA) is 59.0 Å². The molecule has 0 unspecified atom stereocenters. The predicted molar refractivity (Wildman–Crippen MR) is 94.9 cm³/mol. The van der Waals surface area contributed by atoms with Crippen LogP contribution in [0.15, 0.2) is 30.6 Å². The van der Waals surface area contributed by atoms with Gasteiger partial charge in [-0.1, -0.05) is 13.8 Å². The van der Waals surface area contributed by atoms with Crippen molar-refractivity contribution in [3.05, 3.63) is 36.2 Å². The standard InChI is InChI=1S/C18H23N5O/c1-12(2)15-10-17(22-8-9-24-11-13(22)3)20-18-14(15)5-7-23(18)16-4-6-19-21-16/h4-7,10,12-13H,8-9,11H2,1-3H3,(H,19,21)/t13-/m1/s1. The molecule has 1 N–H and O–H groups in total. The Morgan fingerprint density at radius 2 is 2.17 bits per heavy atom. The molecule has 0 radical (unpaired) electrons. The van der Waals surface area contributed by atoms with Crippen LogP contribution in [0.1, 0.15) is 32.3 Å². The summed E-state index contributed by atoms with van der Waals surface area (Å²) in [5, 5.41) is 8.38. The minimum atomic E-state index is 0.331. The molecule has 1 aliphatic heterocycles. The van der Waals surface area contributed by atoms with Gasteiger partial charge >= 0.3 is 0 Å². The zero-order valence-electron chi connectivity index (χ0n) is 14.4. The summed E-state index contributed by atoms with van der Waals surface area (Å²) in [5.74, 6) is 2.32. The van der Waals surface area contributed by atoms with Crippen LogP contribution in [0.3, 0.4) is 0 Å². The molecule has 0 amide bonds. The van der Waals surface area contributed by atoms with Crippen molar-refractivity contribution in [3.8, 4) is 5.82 Å². The number of hydrogen-bond acceptors (Lipinski definition) is 4. The van der Waals surface area contributed by atoms with Crippen LogP contribution in [0.4, 0.5) is 5.82 Å². The van der Waals surface area contributed by atoms with Gasteiger partial charge in [0, 0.05) is 30.4 Å². The van der Waals surface area contributed by atoms with Gasteiger partial charge in [0.25, 0.3) is 0 Å². The molecule has 1 aliphatic rings. The number of rotatable bonds is 3. The van der Waals surface area contributed by atoms with Crippen molar-refractivity contribution >= 4 is 16.9 Å². The molecular formula is C18H23N5O. The van der Waals surface area contributed by atoms with E-state index in [1.807, 2.05) is 23.0 Å². The fourth-order valence-corrected chi connectivity index (χ4v) is 3.38. The number of ether oxygens (including phenoxy) is 1. The lowest BCUT2D eigenvalue weighted by atomic mass is 10.0. The maximum Gasteiger partial charge on any atom is 0.160 e. The Bertz CT molecular complexity index is 837. The van der Waals surface area contributed by atoms with Gasteiger partial charge in [0.2, 0.25) is 0 Å². The molecule has 1 atom stereocenters. The monoisotopic (exact) mass is 325 g/mol. The first-order valence-electron chi connectivity index (χ1n) is 8.51. The molecule has 0 spiro atoms. The molecule has 1 fully saturated rings. The van der Waals surface area contributed by atoms with Crippen LogP contribution >= 0.6 is 0 Å². The average Bonchev–Trinajstić information content (AvgIpc) is 3.23. The molecule has 4 rings (SSSR count). The van der Waals surface area contributed by atoms with E-state index in [0.717, 1.165) is 37.0 Å². The second-order valence-electron chi connectivity index (χ2n) is 6.70. The Kier molecular flexibility index (Phi) is 3.76. The highest BCUT2D eigenvalue weighted by molar-refractivity contribution is 5.84. The zero-order valence-corrected chi connectivity index (χ0v) is 14.4. The molecule has 4 heterocycles. The molecule has 6 heteroatoms. The summed E-state index contributed by atoms with van der Waals surface area (Å²) >= 11 is 0. The van der Waals surface area contributed by atoms with E-state index in [0.29, 0.717) is 12.0 Å². The first-order chi connectivity index (χ1) is 11.6. The molecule has 0 aliphatic carbocycles. The van der Waals surface area contributed by atoms with Gasteiger partial charge in [-0.15, -0.1) is 0 Å². The molecule has 1 saturated heterocycles. The summed E-state index contributed by atoms with van der Waals surface area (Å²) in [6.07, 6.45) is 3.88. The van der Waals surface area contributed by atoms with E-state index in [9.17, 15) is 0 Å². The van der Waals surface area contributed by atoms with Crippen molar-refractivity contribution in [2.24, 2.45) is 0 Å². The number of hydrogen-bond donors (Lipinski definition) is 1. The van der Waals surface area contributed by atoms with E-state index in [1.165, 1.54) is 10.9 Å². The van der Waals surface area contributed by atoms with Crippen molar-refractivity contribution < 1.29 is 4.74 Å². The first kappa shape index (κ1) is 15.2. The highest BCUT2D eigenvalue weighted by Crippen LogP contribution is 2.31. The number of aromatic amines is 1. The Morgan fingerprint density at radius 3 is 2.88 bits per heavy atom. The number of pyridine rings is 1. The van der Waals surface area contributed by atoms with E-state index in [1.54, 1.807) is 0 Å². The normalized spacial score (nSPS) is 18.7. The minimum absolute atomic E-state index is 0.331. The van der Waals surface area contributed by atoms with Crippen molar-refractivity contribution in [3.63, 3.8) is 0 Å². The molecule has 0 aromatic carbocycles. The van der Waals surface area contributed by atoms with Gasteiger partial charge in [0.1, 0.15) is 11.5 Å². The third kappa shape index (κ3) is 2.47. The molecule has 3 aromatic heterocycles. The average molecular weight is 325 g/mol. The number of aromatic nitrogens is 4. The highest BCUT2D eigenvalue weighted by Gasteiger charge is 2.23. The van der Waals surface area contributed by atoms with Crippen molar-refractivity contribution in [2.75, 3.05) is 24.7 Å². The summed E-state index contributed by atoms with van der Waals surface area (Å²) in [6, 6.07) is 6.67. The van der Waals surface area contributed by atoms with Crippen LogP contribution in [-0.2, 0) is 4.74 Å². The van der Waals surface area contributed by atoms with Crippen LogP contribution < -0.4 is 4.90 Å². The summed E-state index contributed by atoms with van der Waals surface area (Å²) < 4.78 is 7.63. The molecule has 3 aromatic rings. The largest absolute Gasteiger partial charge is 0.377 e. The van der Waals surface area contributed by atoms with E-state index in [4.69, 9.17) is 9.72 Å². The summed E-state index contributed by atoms with van der Waals surface area (Å²) in [6.45, 7) is 9.02. The second-order valence-corrected chi connectivity index (χ2v) is 6.70. The van der Waals surface area contributed by atoms with E-state index in [-0.39, 0.29) is 0 Å². The Hall–Kier alpha value is -2.34. The van der Waals surface area contributed by atoms with Gasteiger partial charge in [-0.2, -0.15) is 5.10 Å². The van der Waals surface area contributed by atoms with Crippen LogP contribution in [0.25, 0.3) is 16.9 Å². The molecule has 126 valence electrons. The minimum Gasteiger partial charge on any atom is -0.377 e. The van der Waals surface area contributed by atoms with Crippen molar-refractivity contribution in [1.82, 2.24) is 19.7 Å². The first-order valence-corrected chi connectivity index (χ1v) is 8.51. The van der Waals surface area contributed by atoms with E-state index in [2.05, 4.69) is 48.0 Å². The van der Waals surface area contributed by atoms with Gasteiger partial charge in [-0.05, 0) is 30.5 Å². The summed E-state index contributed by atoms with van der Waals surface area (Å²) in [7, 11) is 0. The van der Waals surface area contributed by atoms with Gasteiger partial charge < -0.3 is 9.64 Å². The molecular weight excluding hydrogens is 302 g/mol. The lowest BCUT2D eigenvalue weighted by Gasteiger charge is -2.34. The van der Waals surface area contributed by atoms with Gasteiger partial charge in [-0.25, -0.2) is 4.98 Å². The van der Waals surface area contributed by atoms with E-state index < -0.39 is 0 Å². The number of nitrogens with one attached hydrogen (secondary N) is 1. The number of H-pyrrole nitrogens is 1. The van der Waals surface area contributed by atoms with Crippen LogP contribution in [-0.4, -0.2) is 45.5 Å². The van der Waals surface area contributed by atoms with Crippen molar-refractivity contribution in [1.29, 1.82) is 0 Å². The maximum absolute atomic E-state index is 5.58.